The summed E-state index contributed by atoms with van der Waals surface area (Å²) >= 11 is 0. The van der Waals surface area contributed by atoms with Gasteiger partial charge >= 0.3 is 0 Å². The summed E-state index contributed by atoms with van der Waals surface area (Å²) in [6, 6.07) is 6.84. The number of sulfone groups is 1. The number of rotatable bonds is 14. The molecule has 39 heavy (non-hydrogen) atoms. The SMILES string of the molecule is CCCOc1c(OCC(C)=O)cc([C@H]2CC[C@H](c3cc(OC)c(OC)c(OC)c3)O2)cc1S(=O)(=O)CC(C)O. The molecule has 1 unspecified atom stereocenters. The predicted octanol–water partition coefficient (Wildman–Crippen LogP) is 4.22. The summed E-state index contributed by atoms with van der Waals surface area (Å²) < 4.78 is 61.0. The summed E-state index contributed by atoms with van der Waals surface area (Å²) in [6.07, 6.45) is 0.00106. The maximum atomic E-state index is 13.3. The zero-order chi connectivity index (χ0) is 28.7. The second-order valence-electron chi connectivity index (χ2n) is 9.47. The molecule has 1 aliphatic heterocycles. The first-order valence-corrected chi connectivity index (χ1v) is 14.5. The van der Waals surface area contributed by atoms with Crippen molar-refractivity contribution >= 4 is 15.6 Å². The van der Waals surface area contributed by atoms with Crippen LogP contribution in [0.2, 0.25) is 0 Å². The van der Waals surface area contributed by atoms with E-state index in [1.54, 1.807) is 20.3 Å². The van der Waals surface area contributed by atoms with Crippen LogP contribution in [0.3, 0.4) is 0 Å². The lowest BCUT2D eigenvalue weighted by molar-refractivity contribution is -0.118. The average molecular weight is 567 g/mol. The number of hydrogen-bond donors (Lipinski definition) is 1. The van der Waals surface area contributed by atoms with Gasteiger partial charge in [-0.25, -0.2) is 8.42 Å². The van der Waals surface area contributed by atoms with E-state index in [0.717, 1.165) is 5.56 Å². The number of aliphatic hydroxyl groups excluding tert-OH is 1. The van der Waals surface area contributed by atoms with Crippen LogP contribution in [0.1, 0.15) is 63.4 Å². The van der Waals surface area contributed by atoms with Crippen molar-refractivity contribution in [2.24, 2.45) is 0 Å². The van der Waals surface area contributed by atoms with Crippen molar-refractivity contribution in [1.29, 1.82) is 0 Å². The third-order valence-corrected chi connectivity index (χ3v) is 8.07. The number of carbonyl (C=O) groups is 1. The lowest BCUT2D eigenvalue weighted by Crippen LogP contribution is -2.20. The van der Waals surface area contributed by atoms with Gasteiger partial charge in [0.25, 0.3) is 0 Å². The van der Waals surface area contributed by atoms with Crippen molar-refractivity contribution in [1.82, 2.24) is 0 Å². The molecular weight excluding hydrogens is 528 g/mol. The van der Waals surface area contributed by atoms with E-state index in [9.17, 15) is 18.3 Å². The van der Waals surface area contributed by atoms with E-state index in [4.69, 9.17) is 28.4 Å². The quantitative estimate of drug-likeness (QED) is 0.355. The minimum Gasteiger partial charge on any atom is -0.493 e. The Hall–Kier alpha value is -3.02. The van der Waals surface area contributed by atoms with Crippen LogP contribution in [-0.2, 0) is 19.4 Å². The van der Waals surface area contributed by atoms with Gasteiger partial charge in [-0.05, 0) is 68.5 Å². The van der Waals surface area contributed by atoms with E-state index in [-0.39, 0.29) is 41.5 Å². The van der Waals surface area contributed by atoms with Crippen LogP contribution in [0.5, 0.6) is 28.7 Å². The monoisotopic (exact) mass is 566 g/mol. The van der Waals surface area contributed by atoms with Crippen molar-refractivity contribution in [2.45, 2.75) is 63.2 Å². The second-order valence-corrected chi connectivity index (χ2v) is 11.5. The summed E-state index contributed by atoms with van der Waals surface area (Å²) in [7, 11) is 0.647. The third-order valence-electron chi connectivity index (χ3n) is 6.17. The lowest BCUT2D eigenvalue weighted by atomic mass is 10.0. The molecule has 0 spiro atoms. The van der Waals surface area contributed by atoms with Crippen molar-refractivity contribution in [3.63, 3.8) is 0 Å². The number of Topliss-reactive ketones (excluding diaryl/α,β-unsaturated/α-hetero) is 1. The van der Waals surface area contributed by atoms with Gasteiger partial charge in [-0.15, -0.1) is 0 Å². The average Bonchev–Trinajstić information content (AvgIpc) is 3.39. The molecule has 0 aromatic heterocycles. The molecule has 1 aliphatic rings. The summed E-state index contributed by atoms with van der Waals surface area (Å²) in [5.41, 5.74) is 1.39. The molecule has 1 heterocycles. The third kappa shape index (κ3) is 7.34. The molecule has 2 aromatic rings. The first-order chi connectivity index (χ1) is 18.5. The number of benzene rings is 2. The Bertz CT molecular complexity index is 1230. The Kier molecular flexibility index (Phi) is 10.5. The molecule has 216 valence electrons. The molecule has 11 heteroatoms. The van der Waals surface area contributed by atoms with Gasteiger partial charge in [-0.1, -0.05) is 6.92 Å². The Balaban J connectivity index is 2.05. The van der Waals surface area contributed by atoms with Gasteiger partial charge in [0.15, 0.2) is 38.6 Å². The first kappa shape index (κ1) is 30.5. The molecule has 3 atom stereocenters. The normalized spacial score (nSPS) is 17.9. The van der Waals surface area contributed by atoms with Gasteiger partial charge in [0.05, 0.1) is 52.0 Å². The van der Waals surface area contributed by atoms with Crippen LogP contribution < -0.4 is 23.7 Å². The molecule has 0 saturated carbocycles. The van der Waals surface area contributed by atoms with Gasteiger partial charge in [0.1, 0.15) is 11.5 Å². The fourth-order valence-electron chi connectivity index (χ4n) is 4.47. The topological polar surface area (TPSA) is 127 Å². The van der Waals surface area contributed by atoms with Gasteiger partial charge < -0.3 is 33.5 Å². The first-order valence-electron chi connectivity index (χ1n) is 12.8. The fourth-order valence-corrected chi connectivity index (χ4v) is 6.04. The summed E-state index contributed by atoms with van der Waals surface area (Å²) in [4.78, 5) is 11.6. The molecule has 0 bridgehead atoms. The zero-order valence-corrected chi connectivity index (χ0v) is 24.1. The molecule has 1 fully saturated rings. The van der Waals surface area contributed by atoms with Gasteiger partial charge in [0.2, 0.25) is 5.75 Å². The Morgan fingerprint density at radius 1 is 0.949 bits per heavy atom. The number of ether oxygens (including phenoxy) is 6. The molecule has 0 radical (unpaired) electrons. The summed E-state index contributed by atoms with van der Waals surface area (Å²) in [6.45, 7) is 4.68. The second kappa shape index (κ2) is 13.4. The highest BCUT2D eigenvalue weighted by molar-refractivity contribution is 7.91. The fraction of sp³-hybridized carbons (Fsp3) is 0.536. The summed E-state index contributed by atoms with van der Waals surface area (Å²) in [5, 5.41) is 9.88. The minimum absolute atomic E-state index is 0.0293. The Morgan fingerprint density at radius 2 is 1.51 bits per heavy atom. The highest BCUT2D eigenvalue weighted by Crippen LogP contribution is 2.48. The number of hydrogen-bond acceptors (Lipinski definition) is 10. The van der Waals surface area contributed by atoms with E-state index in [1.807, 2.05) is 19.1 Å². The number of ketones is 1. The van der Waals surface area contributed by atoms with E-state index < -0.39 is 27.8 Å². The molecule has 1 N–H and O–H groups in total. The molecular formula is C28H38O10S. The smallest absolute Gasteiger partial charge is 0.203 e. The molecule has 1 saturated heterocycles. The van der Waals surface area contributed by atoms with Crippen LogP contribution in [0.4, 0.5) is 0 Å². The van der Waals surface area contributed by atoms with Crippen LogP contribution in [0.25, 0.3) is 0 Å². The molecule has 0 amide bonds. The van der Waals surface area contributed by atoms with Gasteiger partial charge in [-0.2, -0.15) is 0 Å². The van der Waals surface area contributed by atoms with Crippen LogP contribution in [0.15, 0.2) is 29.2 Å². The standard InChI is InChI=1S/C28H38O10S/c1-7-10-36-28-25(37-15-17(2)29)13-20(14-26(28)39(31,32)16-18(3)30)22-9-8-21(38-22)19-11-23(33-4)27(35-6)24(12-19)34-5/h11-14,18,21-22,30H,7-10,15-16H2,1-6H3/t18?,21-,22-/m1/s1. The highest BCUT2D eigenvalue weighted by Gasteiger charge is 2.33. The summed E-state index contributed by atoms with van der Waals surface area (Å²) in [5.74, 6) is 0.924. The maximum absolute atomic E-state index is 13.3. The van der Waals surface area contributed by atoms with E-state index in [2.05, 4.69) is 0 Å². The van der Waals surface area contributed by atoms with Gasteiger partial charge in [0, 0.05) is 0 Å². The zero-order valence-electron chi connectivity index (χ0n) is 23.3. The molecule has 2 aromatic carbocycles. The van der Waals surface area contributed by atoms with Crippen molar-refractivity contribution in [2.75, 3.05) is 40.3 Å². The van der Waals surface area contributed by atoms with Crippen molar-refractivity contribution in [3.8, 4) is 28.7 Å². The largest absolute Gasteiger partial charge is 0.493 e. The van der Waals surface area contributed by atoms with Crippen LogP contribution >= 0.6 is 0 Å². The maximum Gasteiger partial charge on any atom is 0.203 e. The van der Waals surface area contributed by atoms with Crippen molar-refractivity contribution in [3.05, 3.63) is 35.4 Å². The number of methoxy groups -OCH3 is 3. The van der Waals surface area contributed by atoms with E-state index in [1.165, 1.54) is 27.0 Å². The van der Waals surface area contributed by atoms with E-state index in [0.29, 0.717) is 42.1 Å². The molecule has 3 rings (SSSR count). The Morgan fingerprint density at radius 3 is 2.00 bits per heavy atom. The highest BCUT2D eigenvalue weighted by atomic mass is 32.2. The lowest BCUT2D eigenvalue weighted by Gasteiger charge is -2.21. The number of aliphatic hydroxyl groups is 1. The predicted molar refractivity (Wildman–Crippen MR) is 144 cm³/mol. The number of carbonyl (C=O) groups excluding carboxylic acids is 1. The van der Waals surface area contributed by atoms with Crippen LogP contribution in [0, 0.1) is 0 Å². The van der Waals surface area contributed by atoms with Gasteiger partial charge in [-0.3, -0.25) is 4.79 Å². The molecule has 0 aliphatic carbocycles. The minimum atomic E-state index is -3.97. The van der Waals surface area contributed by atoms with E-state index >= 15 is 0 Å². The van der Waals surface area contributed by atoms with Crippen LogP contribution in [-0.4, -0.2) is 65.7 Å². The Labute approximate surface area is 230 Å². The molecule has 10 nitrogen and oxygen atoms in total. The van der Waals surface area contributed by atoms with Crippen molar-refractivity contribution < 1.29 is 46.7 Å².